The number of carbonyl (C=O) groups is 1. The Kier molecular flexibility index (Phi) is 5.70. The summed E-state index contributed by atoms with van der Waals surface area (Å²) < 4.78 is 14.7. The van der Waals surface area contributed by atoms with E-state index in [1.54, 1.807) is 16.8 Å². The number of benzene rings is 1. The van der Waals surface area contributed by atoms with Crippen molar-refractivity contribution >= 4 is 5.91 Å². The molecule has 25 heavy (non-hydrogen) atoms. The van der Waals surface area contributed by atoms with Crippen molar-refractivity contribution in [3.8, 4) is 5.69 Å². The van der Waals surface area contributed by atoms with Crippen LogP contribution in [0.3, 0.4) is 0 Å². The van der Waals surface area contributed by atoms with Gasteiger partial charge < -0.3 is 4.90 Å². The molecule has 7 nitrogen and oxygen atoms in total. The lowest BCUT2D eigenvalue weighted by Gasteiger charge is -2.34. The molecule has 0 N–H and O–H groups in total. The van der Waals surface area contributed by atoms with Gasteiger partial charge in [0, 0.05) is 32.6 Å². The minimum Gasteiger partial charge on any atom is -0.340 e. The van der Waals surface area contributed by atoms with Crippen LogP contribution in [0.15, 0.2) is 24.3 Å². The van der Waals surface area contributed by atoms with Crippen molar-refractivity contribution in [3.63, 3.8) is 0 Å². The highest BCUT2D eigenvalue weighted by Gasteiger charge is 2.22. The standard InChI is InChI=1S/C17H23FN6O/c1-2-3-4-17(25)23-11-9-22(10-12-23)13-16-19-20-21-24(16)15-7-5-14(18)6-8-15/h5-8H,2-4,9-13H2,1H3. The molecule has 0 unspecified atom stereocenters. The summed E-state index contributed by atoms with van der Waals surface area (Å²) in [6.45, 7) is 5.77. The molecule has 0 atom stereocenters. The smallest absolute Gasteiger partial charge is 0.222 e. The summed E-state index contributed by atoms with van der Waals surface area (Å²) in [4.78, 5) is 16.3. The van der Waals surface area contributed by atoms with E-state index in [1.165, 1.54) is 12.1 Å². The summed E-state index contributed by atoms with van der Waals surface area (Å²) in [5, 5.41) is 11.8. The second-order valence-electron chi connectivity index (χ2n) is 6.24. The summed E-state index contributed by atoms with van der Waals surface area (Å²) in [5.74, 6) is 0.664. The second-order valence-corrected chi connectivity index (χ2v) is 6.24. The Labute approximate surface area is 146 Å². The largest absolute Gasteiger partial charge is 0.340 e. The number of nitrogens with zero attached hydrogens (tertiary/aromatic N) is 6. The van der Waals surface area contributed by atoms with Gasteiger partial charge in [-0.3, -0.25) is 9.69 Å². The van der Waals surface area contributed by atoms with Crippen LogP contribution in [0.5, 0.6) is 0 Å². The fraction of sp³-hybridized carbons (Fsp3) is 0.529. The van der Waals surface area contributed by atoms with Crippen LogP contribution in [-0.4, -0.2) is 62.1 Å². The first kappa shape index (κ1) is 17.5. The van der Waals surface area contributed by atoms with Crippen LogP contribution in [-0.2, 0) is 11.3 Å². The molecule has 1 fully saturated rings. The van der Waals surface area contributed by atoms with Gasteiger partial charge in [-0.1, -0.05) is 13.3 Å². The Balaban J connectivity index is 1.57. The maximum Gasteiger partial charge on any atom is 0.222 e. The zero-order valence-corrected chi connectivity index (χ0v) is 14.4. The van der Waals surface area contributed by atoms with Crippen LogP contribution in [0.2, 0.25) is 0 Å². The van der Waals surface area contributed by atoms with E-state index < -0.39 is 0 Å². The van der Waals surface area contributed by atoms with Crippen molar-refractivity contribution in [2.45, 2.75) is 32.7 Å². The van der Waals surface area contributed by atoms with E-state index in [-0.39, 0.29) is 11.7 Å². The Bertz CT molecular complexity index is 693. The lowest BCUT2D eigenvalue weighted by atomic mass is 10.2. The van der Waals surface area contributed by atoms with Gasteiger partial charge in [-0.15, -0.1) is 5.10 Å². The molecular formula is C17H23FN6O. The van der Waals surface area contributed by atoms with Crippen LogP contribution in [0.25, 0.3) is 5.69 Å². The Morgan fingerprint density at radius 2 is 1.88 bits per heavy atom. The van der Waals surface area contributed by atoms with Crippen molar-refractivity contribution < 1.29 is 9.18 Å². The van der Waals surface area contributed by atoms with Gasteiger partial charge in [0.25, 0.3) is 0 Å². The summed E-state index contributed by atoms with van der Waals surface area (Å²) >= 11 is 0. The first-order valence-corrected chi connectivity index (χ1v) is 8.70. The topological polar surface area (TPSA) is 67.2 Å². The summed E-state index contributed by atoms with van der Waals surface area (Å²) in [7, 11) is 0. The summed E-state index contributed by atoms with van der Waals surface area (Å²) in [5.41, 5.74) is 0.731. The predicted molar refractivity (Wildman–Crippen MR) is 90.5 cm³/mol. The molecule has 134 valence electrons. The monoisotopic (exact) mass is 346 g/mol. The van der Waals surface area contributed by atoms with Crippen LogP contribution in [0, 0.1) is 5.82 Å². The third-order valence-corrected chi connectivity index (χ3v) is 4.44. The average molecular weight is 346 g/mol. The molecule has 1 aromatic carbocycles. The predicted octanol–water partition coefficient (Wildman–Crippen LogP) is 1.64. The lowest BCUT2D eigenvalue weighted by Crippen LogP contribution is -2.48. The highest BCUT2D eigenvalue weighted by atomic mass is 19.1. The number of amides is 1. The SMILES string of the molecule is CCCCC(=O)N1CCN(Cc2nnnn2-c2ccc(F)cc2)CC1. The molecule has 0 spiro atoms. The van der Waals surface area contributed by atoms with Crippen molar-refractivity contribution in [2.75, 3.05) is 26.2 Å². The van der Waals surface area contributed by atoms with E-state index in [2.05, 4.69) is 27.3 Å². The molecule has 1 aliphatic rings. The van der Waals surface area contributed by atoms with E-state index in [9.17, 15) is 9.18 Å². The minimum absolute atomic E-state index is 0.248. The maximum atomic E-state index is 13.1. The van der Waals surface area contributed by atoms with Gasteiger partial charge in [0.2, 0.25) is 5.91 Å². The van der Waals surface area contributed by atoms with Gasteiger partial charge in [0.05, 0.1) is 12.2 Å². The molecule has 1 aromatic heterocycles. The minimum atomic E-state index is -0.290. The molecule has 2 heterocycles. The van der Waals surface area contributed by atoms with Gasteiger partial charge >= 0.3 is 0 Å². The average Bonchev–Trinajstić information content (AvgIpc) is 3.09. The number of aromatic nitrogens is 4. The molecule has 0 radical (unpaired) electrons. The molecule has 3 rings (SSSR count). The zero-order valence-electron chi connectivity index (χ0n) is 14.4. The molecule has 1 amide bonds. The van der Waals surface area contributed by atoms with Crippen molar-refractivity contribution in [1.29, 1.82) is 0 Å². The first-order valence-electron chi connectivity index (χ1n) is 8.70. The number of carbonyl (C=O) groups excluding carboxylic acids is 1. The molecule has 1 aliphatic heterocycles. The molecule has 1 saturated heterocycles. The van der Waals surface area contributed by atoms with E-state index in [0.29, 0.717) is 18.8 Å². The number of hydrogen-bond donors (Lipinski definition) is 0. The molecule has 8 heteroatoms. The van der Waals surface area contributed by atoms with Gasteiger partial charge in [-0.25, -0.2) is 4.39 Å². The maximum absolute atomic E-state index is 13.1. The first-order chi connectivity index (χ1) is 12.2. The molecule has 0 aliphatic carbocycles. The lowest BCUT2D eigenvalue weighted by molar-refractivity contribution is -0.133. The number of unbranched alkanes of at least 4 members (excludes halogenated alkanes) is 1. The number of halogens is 1. The normalized spacial score (nSPS) is 15.5. The molecule has 2 aromatic rings. The van der Waals surface area contributed by atoms with E-state index in [1.807, 2.05) is 4.90 Å². The summed E-state index contributed by atoms with van der Waals surface area (Å²) in [6.07, 6.45) is 2.63. The third kappa shape index (κ3) is 4.39. The van der Waals surface area contributed by atoms with Crippen LogP contribution in [0.4, 0.5) is 4.39 Å². The van der Waals surface area contributed by atoms with Crippen LogP contribution >= 0.6 is 0 Å². The van der Waals surface area contributed by atoms with E-state index in [4.69, 9.17) is 0 Å². The number of piperazine rings is 1. The molecule has 0 bridgehead atoms. The van der Waals surface area contributed by atoms with Gasteiger partial charge in [-0.05, 0) is 41.1 Å². The Hall–Kier alpha value is -2.35. The van der Waals surface area contributed by atoms with Crippen LogP contribution < -0.4 is 0 Å². The quantitative estimate of drug-likeness (QED) is 0.795. The fourth-order valence-corrected chi connectivity index (χ4v) is 2.93. The van der Waals surface area contributed by atoms with Gasteiger partial charge in [-0.2, -0.15) is 4.68 Å². The van der Waals surface area contributed by atoms with Crippen molar-refractivity contribution in [2.24, 2.45) is 0 Å². The molecular weight excluding hydrogens is 323 g/mol. The van der Waals surface area contributed by atoms with Crippen molar-refractivity contribution in [3.05, 3.63) is 35.9 Å². The van der Waals surface area contributed by atoms with E-state index >= 15 is 0 Å². The second kappa shape index (κ2) is 8.15. The Morgan fingerprint density at radius 3 is 2.56 bits per heavy atom. The zero-order chi connectivity index (χ0) is 17.6. The van der Waals surface area contributed by atoms with E-state index in [0.717, 1.165) is 44.7 Å². The van der Waals surface area contributed by atoms with Crippen molar-refractivity contribution in [1.82, 2.24) is 30.0 Å². The molecule has 0 saturated carbocycles. The number of hydrogen-bond acceptors (Lipinski definition) is 5. The highest BCUT2D eigenvalue weighted by molar-refractivity contribution is 5.76. The number of tetrazole rings is 1. The highest BCUT2D eigenvalue weighted by Crippen LogP contribution is 2.13. The third-order valence-electron chi connectivity index (χ3n) is 4.44. The van der Waals surface area contributed by atoms with Gasteiger partial charge in [0.15, 0.2) is 5.82 Å². The summed E-state index contributed by atoms with van der Waals surface area (Å²) in [6, 6.07) is 6.09. The van der Waals surface area contributed by atoms with Crippen LogP contribution in [0.1, 0.15) is 32.0 Å². The van der Waals surface area contributed by atoms with Gasteiger partial charge in [0.1, 0.15) is 5.82 Å². The fourth-order valence-electron chi connectivity index (χ4n) is 2.93. The number of rotatable bonds is 6. The Morgan fingerprint density at radius 1 is 1.16 bits per heavy atom.